The van der Waals surface area contributed by atoms with E-state index in [0.29, 0.717) is 12.5 Å². The van der Waals surface area contributed by atoms with E-state index in [9.17, 15) is 13.2 Å². The number of hydrogen-bond donors (Lipinski definition) is 0. The highest BCUT2D eigenvalue weighted by atomic mass is 32.2. The summed E-state index contributed by atoms with van der Waals surface area (Å²) in [5.74, 6) is 0.0438. The molecule has 1 atom stereocenters. The van der Waals surface area contributed by atoms with Crippen molar-refractivity contribution in [3.05, 3.63) is 41.2 Å². The number of aromatic nitrogens is 3. The fraction of sp³-hybridized carbons (Fsp3) is 0.550. The third-order valence-corrected chi connectivity index (χ3v) is 7.28. The van der Waals surface area contributed by atoms with E-state index < -0.39 is 21.5 Å². The Kier molecular flexibility index (Phi) is 4.99. The predicted molar refractivity (Wildman–Crippen MR) is 105 cm³/mol. The third-order valence-electron chi connectivity index (χ3n) is 5.79. The SMILES string of the molecule is CCn1c(C2CC2)nnc1S(=O)(=O)CC(=O)N(C)[C@H]1CCCc2ccccc21. The van der Waals surface area contributed by atoms with Gasteiger partial charge in [-0.05, 0) is 50.2 Å². The fourth-order valence-electron chi connectivity index (χ4n) is 4.10. The van der Waals surface area contributed by atoms with Crippen molar-refractivity contribution in [3.8, 4) is 0 Å². The molecule has 1 saturated carbocycles. The van der Waals surface area contributed by atoms with Gasteiger partial charge in [0.2, 0.25) is 20.9 Å². The van der Waals surface area contributed by atoms with Crippen LogP contribution in [0.5, 0.6) is 0 Å². The Morgan fingerprint density at radius 2 is 1.96 bits per heavy atom. The van der Waals surface area contributed by atoms with E-state index in [2.05, 4.69) is 16.3 Å². The molecule has 1 aromatic heterocycles. The zero-order valence-corrected chi connectivity index (χ0v) is 17.2. The van der Waals surface area contributed by atoms with Gasteiger partial charge >= 0.3 is 0 Å². The Bertz CT molecular complexity index is 995. The van der Waals surface area contributed by atoms with Gasteiger partial charge in [-0.3, -0.25) is 4.79 Å². The summed E-state index contributed by atoms with van der Waals surface area (Å²) >= 11 is 0. The Morgan fingerprint density at radius 3 is 2.68 bits per heavy atom. The van der Waals surface area contributed by atoms with Crippen LogP contribution < -0.4 is 0 Å². The second kappa shape index (κ2) is 7.31. The zero-order chi connectivity index (χ0) is 19.9. The van der Waals surface area contributed by atoms with E-state index in [-0.39, 0.29) is 11.2 Å². The predicted octanol–water partition coefficient (Wildman–Crippen LogP) is 2.49. The van der Waals surface area contributed by atoms with Gasteiger partial charge in [0.15, 0.2) is 0 Å². The van der Waals surface area contributed by atoms with Crippen molar-refractivity contribution in [2.24, 2.45) is 0 Å². The van der Waals surface area contributed by atoms with Crippen LogP contribution in [0.25, 0.3) is 0 Å². The number of amides is 1. The first kappa shape index (κ1) is 19.1. The molecule has 150 valence electrons. The molecule has 0 saturated heterocycles. The highest BCUT2D eigenvalue weighted by Gasteiger charge is 2.35. The molecule has 0 N–H and O–H groups in total. The number of benzene rings is 1. The minimum Gasteiger partial charge on any atom is -0.338 e. The van der Waals surface area contributed by atoms with Crippen LogP contribution in [0, 0.1) is 0 Å². The van der Waals surface area contributed by atoms with E-state index in [0.717, 1.165) is 43.5 Å². The molecule has 2 aliphatic carbocycles. The van der Waals surface area contributed by atoms with Crippen LogP contribution in [-0.2, 0) is 27.6 Å². The number of nitrogens with zero attached hydrogens (tertiary/aromatic N) is 4. The molecule has 0 aliphatic heterocycles. The number of hydrogen-bond acceptors (Lipinski definition) is 5. The summed E-state index contributed by atoms with van der Waals surface area (Å²) in [6.45, 7) is 2.36. The van der Waals surface area contributed by atoms with Crippen LogP contribution >= 0.6 is 0 Å². The molecular weight excluding hydrogens is 376 g/mol. The molecule has 7 nitrogen and oxygen atoms in total. The smallest absolute Gasteiger partial charge is 0.250 e. The van der Waals surface area contributed by atoms with Gasteiger partial charge in [0.1, 0.15) is 11.6 Å². The van der Waals surface area contributed by atoms with Gasteiger partial charge in [-0.1, -0.05) is 24.3 Å². The summed E-state index contributed by atoms with van der Waals surface area (Å²) in [5.41, 5.74) is 2.36. The average Bonchev–Trinajstić information content (AvgIpc) is 3.44. The zero-order valence-electron chi connectivity index (χ0n) is 16.3. The average molecular weight is 403 g/mol. The number of aryl methyl sites for hydroxylation is 1. The molecule has 8 heteroatoms. The molecule has 1 aromatic carbocycles. The van der Waals surface area contributed by atoms with Gasteiger partial charge in [0.25, 0.3) is 0 Å². The molecule has 1 heterocycles. The van der Waals surface area contributed by atoms with Crippen molar-refractivity contribution in [2.75, 3.05) is 12.8 Å². The summed E-state index contributed by atoms with van der Waals surface area (Å²) in [5, 5.41) is 7.95. The van der Waals surface area contributed by atoms with Crippen molar-refractivity contribution in [2.45, 2.75) is 62.7 Å². The lowest BCUT2D eigenvalue weighted by atomic mass is 9.87. The van der Waals surface area contributed by atoms with Gasteiger partial charge in [-0.25, -0.2) is 8.42 Å². The molecule has 1 fully saturated rings. The van der Waals surface area contributed by atoms with Crippen LogP contribution in [0.2, 0.25) is 0 Å². The lowest BCUT2D eigenvalue weighted by Crippen LogP contribution is -2.37. The summed E-state index contributed by atoms with van der Waals surface area (Å²) in [6, 6.07) is 8.00. The minimum atomic E-state index is -3.85. The molecule has 1 amide bonds. The summed E-state index contributed by atoms with van der Waals surface area (Å²) in [4.78, 5) is 14.5. The quantitative estimate of drug-likeness (QED) is 0.741. The van der Waals surface area contributed by atoms with Crippen LogP contribution in [0.1, 0.15) is 61.5 Å². The van der Waals surface area contributed by atoms with Crippen LogP contribution in [0.15, 0.2) is 29.4 Å². The molecule has 2 aliphatic rings. The Balaban J connectivity index is 1.55. The molecule has 0 bridgehead atoms. The standard InChI is InChI=1S/C20H26N4O3S/c1-3-24-19(15-11-12-15)21-22-20(24)28(26,27)13-18(25)23(2)17-10-6-8-14-7-4-5-9-16(14)17/h4-5,7,9,15,17H,3,6,8,10-13H2,1-2H3/t17-/m0/s1. The van der Waals surface area contributed by atoms with Gasteiger partial charge in [-0.15, -0.1) is 10.2 Å². The number of fused-ring (bicyclic) bond motifs is 1. The van der Waals surface area contributed by atoms with Crippen molar-refractivity contribution >= 4 is 15.7 Å². The van der Waals surface area contributed by atoms with Crippen LogP contribution in [0.3, 0.4) is 0 Å². The van der Waals surface area contributed by atoms with Crippen molar-refractivity contribution in [3.63, 3.8) is 0 Å². The fourth-order valence-corrected chi connectivity index (χ4v) is 5.49. The topological polar surface area (TPSA) is 85.2 Å². The number of carbonyl (C=O) groups excluding carboxylic acids is 1. The van der Waals surface area contributed by atoms with E-state index >= 15 is 0 Å². The number of rotatable bonds is 6. The minimum absolute atomic E-state index is 0.0808. The Labute approximate surface area is 165 Å². The first-order valence-corrected chi connectivity index (χ1v) is 11.6. The maximum absolute atomic E-state index is 12.9. The van der Waals surface area contributed by atoms with Gasteiger partial charge in [-0.2, -0.15) is 0 Å². The van der Waals surface area contributed by atoms with Crippen LogP contribution in [0.4, 0.5) is 0 Å². The lowest BCUT2D eigenvalue weighted by Gasteiger charge is -2.33. The number of carbonyl (C=O) groups is 1. The van der Waals surface area contributed by atoms with Crippen molar-refractivity contribution in [1.82, 2.24) is 19.7 Å². The van der Waals surface area contributed by atoms with Crippen molar-refractivity contribution < 1.29 is 13.2 Å². The van der Waals surface area contributed by atoms with E-state index in [1.54, 1.807) is 16.5 Å². The third kappa shape index (κ3) is 3.45. The van der Waals surface area contributed by atoms with Gasteiger partial charge < -0.3 is 9.47 Å². The van der Waals surface area contributed by atoms with E-state index in [1.807, 2.05) is 25.1 Å². The summed E-state index contributed by atoms with van der Waals surface area (Å²) in [7, 11) is -2.15. The summed E-state index contributed by atoms with van der Waals surface area (Å²) < 4.78 is 27.5. The lowest BCUT2D eigenvalue weighted by molar-refractivity contribution is -0.129. The maximum Gasteiger partial charge on any atom is 0.250 e. The largest absolute Gasteiger partial charge is 0.338 e. The molecule has 0 radical (unpaired) electrons. The molecule has 0 unspecified atom stereocenters. The highest BCUT2D eigenvalue weighted by Crippen LogP contribution is 2.39. The molecule has 0 spiro atoms. The first-order valence-electron chi connectivity index (χ1n) is 9.91. The molecule has 4 rings (SSSR count). The maximum atomic E-state index is 12.9. The summed E-state index contributed by atoms with van der Waals surface area (Å²) in [6.07, 6.45) is 4.86. The van der Waals surface area contributed by atoms with E-state index in [1.165, 1.54) is 5.56 Å². The monoisotopic (exact) mass is 402 g/mol. The normalized spacial score (nSPS) is 19.3. The van der Waals surface area contributed by atoms with Gasteiger partial charge in [0.05, 0.1) is 6.04 Å². The Morgan fingerprint density at radius 1 is 1.21 bits per heavy atom. The highest BCUT2D eigenvalue weighted by molar-refractivity contribution is 7.91. The Hall–Kier alpha value is -2.22. The van der Waals surface area contributed by atoms with Gasteiger partial charge in [0, 0.05) is 19.5 Å². The molecule has 28 heavy (non-hydrogen) atoms. The first-order chi connectivity index (χ1) is 13.4. The number of sulfone groups is 1. The van der Waals surface area contributed by atoms with Crippen LogP contribution in [-0.4, -0.2) is 46.8 Å². The molecule has 2 aromatic rings. The van der Waals surface area contributed by atoms with Crippen molar-refractivity contribution in [1.29, 1.82) is 0 Å². The van der Waals surface area contributed by atoms with E-state index in [4.69, 9.17) is 0 Å². The second-order valence-corrected chi connectivity index (χ2v) is 9.61. The second-order valence-electron chi connectivity index (χ2n) is 7.73. The molecular formula is C20H26N4O3S.